The topological polar surface area (TPSA) is 23.8 Å². The van der Waals surface area contributed by atoms with E-state index in [4.69, 9.17) is 5.26 Å². The van der Waals surface area contributed by atoms with Crippen LogP contribution in [0.5, 0.6) is 0 Å². The Bertz CT molecular complexity index is 181. The fourth-order valence-electron chi connectivity index (χ4n) is 1.51. The van der Waals surface area contributed by atoms with E-state index in [1.807, 2.05) is 6.92 Å². The Morgan fingerprint density at radius 3 is 2.40 bits per heavy atom. The Morgan fingerprint density at radius 1 is 1.70 bits per heavy atom. The Balaban J connectivity index is 2.51. The molecule has 1 fully saturated rings. The molecule has 1 aliphatic carbocycles. The molecule has 0 aromatic carbocycles. The van der Waals surface area contributed by atoms with E-state index in [9.17, 15) is 0 Å². The third-order valence-electron chi connectivity index (χ3n) is 2.19. The van der Waals surface area contributed by atoms with E-state index in [0.717, 1.165) is 24.8 Å². The Morgan fingerprint density at radius 2 is 2.30 bits per heavy atom. The summed E-state index contributed by atoms with van der Waals surface area (Å²) in [4.78, 5) is 0. The first-order valence-electron chi connectivity index (χ1n) is 3.74. The number of rotatable bonds is 2. The number of allylic oxidation sites excluding steroid dienone is 1. The molecule has 0 aliphatic heterocycles. The Hall–Kier alpha value is -0.770. The van der Waals surface area contributed by atoms with Crippen molar-refractivity contribution in [3.63, 3.8) is 0 Å². The van der Waals surface area contributed by atoms with Crippen LogP contribution < -0.4 is 0 Å². The summed E-state index contributed by atoms with van der Waals surface area (Å²) in [6.45, 7) is 5.82. The van der Waals surface area contributed by atoms with E-state index in [-0.39, 0.29) is 5.41 Å². The highest BCUT2D eigenvalue weighted by Crippen LogP contribution is 2.44. The maximum Gasteiger partial charge on any atom is 0.0693 e. The van der Waals surface area contributed by atoms with Gasteiger partial charge < -0.3 is 0 Å². The summed E-state index contributed by atoms with van der Waals surface area (Å²) < 4.78 is 0. The SMILES string of the molecule is C=C(C)CC1(C#N)CCC1. The van der Waals surface area contributed by atoms with Gasteiger partial charge in [0, 0.05) is 0 Å². The highest BCUT2D eigenvalue weighted by molar-refractivity contribution is 5.11. The van der Waals surface area contributed by atoms with Gasteiger partial charge in [0.2, 0.25) is 0 Å². The van der Waals surface area contributed by atoms with Crippen molar-refractivity contribution in [1.29, 1.82) is 5.26 Å². The minimum Gasteiger partial charge on any atom is -0.198 e. The van der Waals surface area contributed by atoms with Crippen LogP contribution in [-0.4, -0.2) is 0 Å². The molecule has 0 atom stereocenters. The van der Waals surface area contributed by atoms with Gasteiger partial charge in [-0.15, -0.1) is 6.58 Å². The van der Waals surface area contributed by atoms with E-state index in [1.54, 1.807) is 0 Å². The fourth-order valence-corrected chi connectivity index (χ4v) is 1.51. The molecular weight excluding hydrogens is 122 g/mol. The largest absolute Gasteiger partial charge is 0.198 e. The minimum atomic E-state index is -0.00810. The summed E-state index contributed by atoms with van der Waals surface area (Å²) in [6.07, 6.45) is 4.29. The molecule has 1 heteroatoms. The second-order valence-corrected chi connectivity index (χ2v) is 3.38. The van der Waals surface area contributed by atoms with Crippen molar-refractivity contribution >= 4 is 0 Å². The monoisotopic (exact) mass is 135 g/mol. The first kappa shape index (κ1) is 7.34. The molecule has 0 aromatic heterocycles. The summed E-state index contributed by atoms with van der Waals surface area (Å²) >= 11 is 0. The molecule has 0 N–H and O–H groups in total. The number of hydrogen-bond donors (Lipinski definition) is 0. The molecular formula is C9H13N. The van der Waals surface area contributed by atoms with Gasteiger partial charge in [0.05, 0.1) is 11.5 Å². The predicted octanol–water partition coefficient (Wildman–Crippen LogP) is 2.65. The van der Waals surface area contributed by atoms with Crippen LogP contribution in [0.25, 0.3) is 0 Å². The second-order valence-electron chi connectivity index (χ2n) is 3.38. The van der Waals surface area contributed by atoms with Crippen molar-refractivity contribution in [2.75, 3.05) is 0 Å². The highest BCUT2D eigenvalue weighted by Gasteiger charge is 2.36. The molecule has 0 radical (unpaired) electrons. The average molecular weight is 135 g/mol. The molecule has 54 valence electrons. The van der Waals surface area contributed by atoms with Crippen molar-refractivity contribution in [3.05, 3.63) is 12.2 Å². The zero-order valence-corrected chi connectivity index (χ0v) is 6.48. The van der Waals surface area contributed by atoms with Crippen LogP contribution in [0.2, 0.25) is 0 Å². The van der Waals surface area contributed by atoms with E-state index >= 15 is 0 Å². The van der Waals surface area contributed by atoms with Crippen molar-refractivity contribution in [3.8, 4) is 6.07 Å². The average Bonchev–Trinajstić information content (AvgIpc) is 1.78. The number of nitrogens with zero attached hydrogens (tertiary/aromatic N) is 1. The lowest BCUT2D eigenvalue weighted by molar-refractivity contribution is 0.214. The summed E-state index contributed by atoms with van der Waals surface area (Å²) in [5.41, 5.74) is 1.13. The molecule has 0 unspecified atom stereocenters. The van der Waals surface area contributed by atoms with Crippen LogP contribution in [0.15, 0.2) is 12.2 Å². The molecule has 0 spiro atoms. The quantitative estimate of drug-likeness (QED) is 0.534. The van der Waals surface area contributed by atoms with Gasteiger partial charge >= 0.3 is 0 Å². The maximum absolute atomic E-state index is 8.79. The molecule has 0 amide bonds. The summed E-state index contributed by atoms with van der Waals surface area (Å²) in [5.74, 6) is 0. The zero-order chi connectivity index (χ0) is 7.61. The van der Waals surface area contributed by atoms with Gasteiger partial charge in [0.15, 0.2) is 0 Å². The van der Waals surface area contributed by atoms with Crippen LogP contribution >= 0.6 is 0 Å². The molecule has 10 heavy (non-hydrogen) atoms. The minimum absolute atomic E-state index is 0.00810. The molecule has 1 aliphatic rings. The lowest BCUT2D eigenvalue weighted by Gasteiger charge is -2.35. The normalized spacial score (nSPS) is 20.8. The molecule has 1 rings (SSSR count). The summed E-state index contributed by atoms with van der Waals surface area (Å²) in [6, 6.07) is 2.39. The molecule has 0 heterocycles. The van der Waals surface area contributed by atoms with Crippen molar-refractivity contribution in [2.24, 2.45) is 5.41 Å². The Labute approximate surface area is 62.4 Å². The van der Waals surface area contributed by atoms with Gasteiger partial charge in [-0.2, -0.15) is 5.26 Å². The third-order valence-corrected chi connectivity index (χ3v) is 2.19. The zero-order valence-electron chi connectivity index (χ0n) is 6.48. The molecule has 0 bridgehead atoms. The van der Waals surface area contributed by atoms with Crippen LogP contribution in [0.4, 0.5) is 0 Å². The standard InChI is InChI=1S/C9H13N/c1-8(2)6-9(7-10)4-3-5-9/h1,3-6H2,2H3. The number of nitriles is 1. The van der Waals surface area contributed by atoms with E-state index in [1.165, 1.54) is 6.42 Å². The molecule has 0 saturated heterocycles. The van der Waals surface area contributed by atoms with Crippen molar-refractivity contribution in [2.45, 2.75) is 32.6 Å². The predicted molar refractivity (Wildman–Crippen MR) is 41.3 cm³/mol. The van der Waals surface area contributed by atoms with E-state index in [2.05, 4.69) is 12.6 Å². The number of hydrogen-bond acceptors (Lipinski definition) is 1. The van der Waals surface area contributed by atoms with Crippen molar-refractivity contribution in [1.82, 2.24) is 0 Å². The smallest absolute Gasteiger partial charge is 0.0693 e. The van der Waals surface area contributed by atoms with Gasteiger partial charge in [-0.3, -0.25) is 0 Å². The molecule has 1 nitrogen and oxygen atoms in total. The van der Waals surface area contributed by atoms with Gasteiger partial charge in [-0.05, 0) is 26.2 Å². The van der Waals surface area contributed by atoms with Gasteiger partial charge in [-0.1, -0.05) is 12.0 Å². The molecule has 1 saturated carbocycles. The van der Waals surface area contributed by atoms with E-state index < -0.39 is 0 Å². The van der Waals surface area contributed by atoms with Crippen molar-refractivity contribution < 1.29 is 0 Å². The van der Waals surface area contributed by atoms with Crippen LogP contribution in [0.1, 0.15) is 32.6 Å². The molecule has 0 aromatic rings. The second kappa shape index (κ2) is 2.46. The highest BCUT2D eigenvalue weighted by atomic mass is 14.4. The maximum atomic E-state index is 8.79. The van der Waals surface area contributed by atoms with Crippen LogP contribution in [0.3, 0.4) is 0 Å². The van der Waals surface area contributed by atoms with E-state index in [0.29, 0.717) is 0 Å². The van der Waals surface area contributed by atoms with Gasteiger partial charge in [-0.25, -0.2) is 0 Å². The summed E-state index contributed by atoms with van der Waals surface area (Å²) in [5, 5.41) is 8.79. The van der Waals surface area contributed by atoms with Crippen LogP contribution in [-0.2, 0) is 0 Å². The third kappa shape index (κ3) is 1.21. The first-order valence-corrected chi connectivity index (χ1v) is 3.74. The van der Waals surface area contributed by atoms with Crippen LogP contribution in [0, 0.1) is 16.7 Å². The van der Waals surface area contributed by atoms with Gasteiger partial charge in [0.1, 0.15) is 0 Å². The fraction of sp³-hybridized carbons (Fsp3) is 0.667. The lowest BCUT2D eigenvalue weighted by Crippen LogP contribution is -2.27. The lowest BCUT2D eigenvalue weighted by atomic mass is 9.67. The first-order chi connectivity index (χ1) is 4.68. The van der Waals surface area contributed by atoms with Gasteiger partial charge in [0.25, 0.3) is 0 Å². The summed E-state index contributed by atoms with van der Waals surface area (Å²) in [7, 11) is 0. The Kier molecular flexibility index (Phi) is 1.80.